The smallest absolute Gasteiger partial charge is 0.270 e. The lowest BCUT2D eigenvalue weighted by Crippen LogP contribution is -2.29. The van der Waals surface area contributed by atoms with Gasteiger partial charge in [0.05, 0.1) is 0 Å². The van der Waals surface area contributed by atoms with Gasteiger partial charge < -0.3 is 15.0 Å². The summed E-state index contributed by atoms with van der Waals surface area (Å²) in [5, 5.41) is 2.88. The molecule has 0 fully saturated rings. The summed E-state index contributed by atoms with van der Waals surface area (Å²) in [5.74, 6) is 0.419. The zero-order chi connectivity index (χ0) is 17.6. The van der Waals surface area contributed by atoms with Gasteiger partial charge in [0.2, 0.25) is 5.95 Å². The highest BCUT2D eigenvalue weighted by Crippen LogP contribution is 2.31. The number of hydrogen-bond acceptors (Lipinski definition) is 5. The number of carbonyl (C=O) groups excluding carboxylic acids is 1. The Kier molecular flexibility index (Phi) is 5.60. The van der Waals surface area contributed by atoms with E-state index in [0.717, 1.165) is 37.2 Å². The van der Waals surface area contributed by atoms with Gasteiger partial charge in [-0.05, 0) is 43.9 Å². The van der Waals surface area contributed by atoms with Crippen LogP contribution in [0.2, 0.25) is 0 Å². The van der Waals surface area contributed by atoms with Gasteiger partial charge in [-0.15, -0.1) is 0 Å². The van der Waals surface area contributed by atoms with Crippen LogP contribution in [0.3, 0.4) is 0 Å². The molecule has 0 radical (unpaired) electrons. The van der Waals surface area contributed by atoms with Crippen molar-refractivity contribution >= 4 is 17.5 Å². The average Bonchev–Trinajstić information content (AvgIpc) is 2.64. The maximum atomic E-state index is 12.4. The van der Waals surface area contributed by atoms with Crippen LogP contribution in [0.1, 0.15) is 34.6 Å². The minimum absolute atomic E-state index is 0.173. The van der Waals surface area contributed by atoms with E-state index in [1.54, 1.807) is 13.2 Å². The number of ether oxygens (including phenoxy) is 1. The van der Waals surface area contributed by atoms with Crippen molar-refractivity contribution in [3.8, 4) is 0 Å². The third-order valence-corrected chi connectivity index (χ3v) is 4.24. The highest BCUT2D eigenvalue weighted by atomic mass is 16.5. The summed E-state index contributed by atoms with van der Waals surface area (Å²) in [6.07, 6.45) is 2.89. The maximum Gasteiger partial charge on any atom is 0.270 e. The Hall–Kier alpha value is -2.47. The summed E-state index contributed by atoms with van der Waals surface area (Å²) in [6, 6.07) is 10.0. The fraction of sp³-hybridized carbons (Fsp3) is 0.421. The topological polar surface area (TPSA) is 67.3 Å². The number of para-hydroxylation sites is 1. The van der Waals surface area contributed by atoms with Gasteiger partial charge >= 0.3 is 0 Å². The van der Waals surface area contributed by atoms with Crippen molar-refractivity contribution in [3.05, 3.63) is 47.3 Å². The number of nitrogens with zero attached hydrogens (tertiary/aromatic N) is 3. The highest BCUT2D eigenvalue weighted by Gasteiger charge is 2.21. The number of fused-ring (bicyclic) bond motifs is 1. The summed E-state index contributed by atoms with van der Waals surface area (Å²) in [6.45, 7) is 3.94. The summed E-state index contributed by atoms with van der Waals surface area (Å²) < 4.78 is 5.00. The molecule has 3 rings (SSSR count). The number of benzene rings is 1. The van der Waals surface area contributed by atoms with E-state index in [1.165, 1.54) is 5.56 Å². The van der Waals surface area contributed by atoms with Gasteiger partial charge in [-0.3, -0.25) is 4.79 Å². The number of nitrogens with one attached hydrogen (secondary N) is 1. The van der Waals surface area contributed by atoms with E-state index in [1.807, 2.05) is 13.0 Å². The van der Waals surface area contributed by atoms with Gasteiger partial charge in [0.15, 0.2) is 0 Å². The molecule has 6 heteroatoms. The molecule has 0 unspecified atom stereocenters. The number of aromatic nitrogens is 2. The standard InChI is InChI=1S/C19H24N4O2/c1-14-13-16(18(24)20-10-6-12-25-2)22-19(21-14)23-11-5-8-15-7-3-4-9-17(15)23/h3-4,7,9,13H,5-6,8,10-12H2,1-2H3,(H,20,24). The predicted octanol–water partition coefficient (Wildman–Crippen LogP) is 2.64. The van der Waals surface area contributed by atoms with Crippen molar-refractivity contribution in [2.75, 3.05) is 31.7 Å². The monoisotopic (exact) mass is 340 g/mol. The lowest BCUT2D eigenvalue weighted by Gasteiger charge is -2.29. The summed E-state index contributed by atoms with van der Waals surface area (Å²) in [4.78, 5) is 23.6. The second-order valence-electron chi connectivity index (χ2n) is 6.18. The van der Waals surface area contributed by atoms with Crippen molar-refractivity contribution in [1.82, 2.24) is 15.3 Å². The van der Waals surface area contributed by atoms with Crippen molar-refractivity contribution < 1.29 is 9.53 Å². The van der Waals surface area contributed by atoms with E-state index in [9.17, 15) is 4.79 Å². The van der Waals surface area contributed by atoms with Crippen LogP contribution in [-0.4, -0.2) is 42.7 Å². The first-order valence-corrected chi connectivity index (χ1v) is 8.67. The summed E-state index contributed by atoms with van der Waals surface area (Å²) in [5.41, 5.74) is 3.62. The fourth-order valence-corrected chi connectivity index (χ4v) is 3.04. The Labute approximate surface area is 148 Å². The molecule has 0 aliphatic carbocycles. The van der Waals surface area contributed by atoms with Crippen molar-refractivity contribution in [1.29, 1.82) is 0 Å². The van der Waals surface area contributed by atoms with Crippen LogP contribution >= 0.6 is 0 Å². The number of rotatable bonds is 6. The number of amides is 1. The molecule has 2 heterocycles. The SMILES string of the molecule is COCCCNC(=O)c1cc(C)nc(N2CCCc3ccccc32)n1. The molecular weight excluding hydrogens is 316 g/mol. The highest BCUT2D eigenvalue weighted by molar-refractivity contribution is 5.92. The van der Waals surface area contributed by atoms with Crippen LogP contribution in [0.25, 0.3) is 0 Å². The number of hydrogen-bond donors (Lipinski definition) is 1. The van der Waals surface area contributed by atoms with Gasteiger partial charge in [0.1, 0.15) is 5.69 Å². The Balaban J connectivity index is 1.82. The number of anilines is 2. The Bertz CT molecular complexity index is 748. The number of methoxy groups -OCH3 is 1. The minimum Gasteiger partial charge on any atom is -0.385 e. The van der Waals surface area contributed by atoms with Crippen LogP contribution in [0.5, 0.6) is 0 Å². The zero-order valence-corrected chi connectivity index (χ0v) is 14.8. The van der Waals surface area contributed by atoms with E-state index < -0.39 is 0 Å². The normalized spacial score (nSPS) is 13.4. The van der Waals surface area contributed by atoms with Crippen molar-refractivity contribution in [2.24, 2.45) is 0 Å². The molecule has 0 saturated carbocycles. The quantitative estimate of drug-likeness (QED) is 0.819. The largest absolute Gasteiger partial charge is 0.385 e. The molecule has 0 bridgehead atoms. The lowest BCUT2D eigenvalue weighted by atomic mass is 10.0. The van der Waals surface area contributed by atoms with E-state index in [2.05, 4.69) is 38.4 Å². The van der Waals surface area contributed by atoms with Crippen LogP contribution in [-0.2, 0) is 11.2 Å². The molecule has 1 aliphatic heterocycles. The second kappa shape index (κ2) is 8.07. The van der Waals surface area contributed by atoms with Gasteiger partial charge in [-0.1, -0.05) is 18.2 Å². The third kappa shape index (κ3) is 4.14. The van der Waals surface area contributed by atoms with E-state index in [0.29, 0.717) is 24.8 Å². The molecule has 6 nitrogen and oxygen atoms in total. The van der Waals surface area contributed by atoms with Crippen LogP contribution in [0.15, 0.2) is 30.3 Å². The molecule has 132 valence electrons. The molecule has 0 saturated heterocycles. The fourth-order valence-electron chi connectivity index (χ4n) is 3.04. The Morgan fingerprint density at radius 3 is 3.00 bits per heavy atom. The molecule has 0 spiro atoms. The van der Waals surface area contributed by atoms with E-state index in [-0.39, 0.29) is 5.91 Å². The first-order valence-electron chi connectivity index (χ1n) is 8.67. The molecular formula is C19H24N4O2. The molecule has 1 amide bonds. The maximum absolute atomic E-state index is 12.4. The first-order chi connectivity index (χ1) is 12.2. The number of aryl methyl sites for hydroxylation is 2. The van der Waals surface area contributed by atoms with Crippen LogP contribution in [0, 0.1) is 6.92 Å². The van der Waals surface area contributed by atoms with E-state index >= 15 is 0 Å². The molecule has 0 atom stereocenters. The third-order valence-electron chi connectivity index (χ3n) is 4.24. The Morgan fingerprint density at radius 2 is 2.16 bits per heavy atom. The molecule has 1 aromatic carbocycles. The van der Waals surface area contributed by atoms with Crippen molar-refractivity contribution in [3.63, 3.8) is 0 Å². The van der Waals surface area contributed by atoms with Gasteiger partial charge in [-0.25, -0.2) is 9.97 Å². The van der Waals surface area contributed by atoms with Crippen molar-refractivity contribution in [2.45, 2.75) is 26.2 Å². The van der Waals surface area contributed by atoms with Crippen LogP contribution in [0.4, 0.5) is 11.6 Å². The minimum atomic E-state index is -0.173. The Morgan fingerprint density at radius 1 is 1.32 bits per heavy atom. The second-order valence-corrected chi connectivity index (χ2v) is 6.18. The average molecular weight is 340 g/mol. The first kappa shape index (κ1) is 17.4. The van der Waals surface area contributed by atoms with Gasteiger partial charge in [-0.2, -0.15) is 0 Å². The molecule has 1 aliphatic rings. The molecule has 2 aromatic rings. The predicted molar refractivity (Wildman–Crippen MR) is 97.4 cm³/mol. The molecule has 25 heavy (non-hydrogen) atoms. The molecule has 1 N–H and O–H groups in total. The van der Waals surface area contributed by atoms with Crippen LogP contribution < -0.4 is 10.2 Å². The lowest BCUT2D eigenvalue weighted by molar-refractivity contribution is 0.0943. The molecule has 1 aromatic heterocycles. The number of carbonyl (C=O) groups is 1. The van der Waals surface area contributed by atoms with Gasteiger partial charge in [0, 0.05) is 38.2 Å². The summed E-state index contributed by atoms with van der Waals surface area (Å²) >= 11 is 0. The zero-order valence-electron chi connectivity index (χ0n) is 14.8. The van der Waals surface area contributed by atoms with Gasteiger partial charge in [0.25, 0.3) is 5.91 Å². The summed E-state index contributed by atoms with van der Waals surface area (Å²) in [7, 11) is 1.65. The van der Waals surface area contributed by atoms with E-state index in [4.69, 9.17) is 4.74 Å².